The number of aromatic nitrogens is 1. The van der Waals surface area contributed by atoms with E-state index in [0.717, 1.165) is 0 Å². The predicted octanol–water partition coefficient (Wildman–Crippen LogP) is 1.06. The number of phenols is 2. The van der Waals surface area contributed by atoms with Gasteiger partial charge in [0.05, 0.1) is 6.54 Å². The van der Waals surface area contributed by atoms with Crippen LogP contribution in [0.5, 0.6) is 11.5 Å². The molecule has 1 heterocycles. The molecule has 0 saturated heterocycles. The average Bonchev–Trinajstić information content (AvgIpc) is 2.48. The Balaban J connectivity index is 2.17. The van der Waals surface area contributed by atoms with Gasteiger partial charge in [0, 0.05) is 17.3 Å². The van der Waals surface area contributed by atoms with E-state index in [1.54, 1.807) is 12.1 Å². The van der Waals surface area contributed by atoms with Gasteiger partial charge in [0.15, 0.2) is 11.5 Å². The number of carbonyl (C=O) groups excluding carboxylic acids is 1. The predicted molar refractivity (Wildman–Crippen MR) is 77.9 cm³/mol. The zero-order chi connectivity index (χ0) is 15.2. The van der Waals surface area contributed by atoms with Crippen LogP contribution in [-0.2, 0) is 0 Å². The number of nitrogens with one attached hydrogen (secondary N) is 1. The Morgan fingerprint density at radius 1 is 1.24 bits per heavy atom. The summed E-state index contributed by atoms with van der Waals surface area (Å²) in [6.07, 6.45) is 1.52. The minimum Gasteiger partial charge on any atom is -0.504 e. The minimum atomic E-state index is -0.457. The number of hydrogen-bond donors (Lipinski definition) is 4. The van der Waals surface area contributed by atoms with E-state index in [2.05, 4.69) is 22.1 Å². The van der Waals surface area contributed by atoms with Crippen LogP contribution in [0.1, 0.15) is 15.9 Å². The van der Waals surface area contributed by atoms with E-state index < -0.39 is 5.91 Å². The van der Waals surface area contributed by atoms with Crippen LogP contribution < -0.4 is 11.1 Å². The Kier molecular flexibility index (Phi) is 4.39. The molecular formula is C15H13N3O3. The number of phenolic OH excluding ortho intramolecular Hbond substituents is 2. The summed E-state index contributed by atoms with van der Waals surface area (Å²) in [6, 6.07) is 7.11. The van der Waals surface area contributed by atoms with Gasteiger partial charge in [-0.25, -0.2) is 4.98 Å². The van der Waals surface area contributed by atoms with Gasteiger partial charge >= 0.3 is 0 Å². The fourth-order valence-corrected chi connectivity index (χ4v) is 1.58. The molecule has 2 aromatic rings. The lowest BCUT2D eigenvalue weighted by atomic mass is 10.2. The van der Waals surface area contributed by atoms with Crippen molar-refractivity contribution in [2.75, 3.05) is 11.9 Å². The molecule has 0 fully saturated rings. The molecule has 0 unspecified atom stereocenters. The highest BCUT2D eigenvalue weighted by atomic mass is 16.3. The largest absolute Gasteiger partial charge is 0.504 e. The quantitative estimate of drug-likeness (QED) is 0.487. The van der Waals surface area contributed by atoms with Crippen molar-refractivity contribution in [2.24, 2.45) is 5.73 Å². The third kappa shape index (κ3) is 3.72. The summed E-state index contributed by atoms with van der Waals surface area (Å²) in [7, 11) is 0. The number of nitrogens with two attached hydrogens (primary N) is 1. The summed E-state index contributed by atoms with van der Waals surface area (Å²) < 4.78 is 0. The molecule has 1 aromatic heterocycles. The van der Waals surface area contributed by atoms with Gasteiger partial charge in [-0.15, -0.1) is 0 Å². The van der Waals surface area contributed by atoms with Gasteiger partial charge in [0.2, 0.25) is 0 Å². The summed E-state index contributed by atoms with van der Waals surface area (Å²) in [5.74, 6) is 4.76. The van der Waals surface area contributed by atoms with E-state index in [1.807, 2.05) is 0 Å². The lowest BCUT2D eigenvalue weighted by Gasteiger charge is -2.05. The number of benzene rings is 1. The number of hydrogen-bond acceptors (Lipinski definition) is 5. The molecule has 21 heavy (non-hydrogen) atoms. The van der Waals surface area contributed by atoms with Crippen LogP contribution in [0.4, 0.5) is 5.82 Å². The maximum absolute atomic E-state index is 12.0. The van der Waals surface area contributed by atoms with E-state index in [-0.39, 0.29) is 23.6 Å². The van der Waals surface area contributed by atoms with E-state index in [9.17, 15) is 15.0 Å². The summed E-state index contributed by atoms with van der Waals surface area (Å²) in [4.78, 5) is 16.0. The van der Waals surface area contributed by atoms with Crippen molar-refractivity contribution in [3.05, 3.63) is 47.7 Å². The average molecular weight is 283 g/mol. The number of nitrogens with zero attached hydrogens (tertiary/aromatic N) is 1. The first-order valence-corrected chi connectivity index (χ1v) is 6.08. The molecule has 0 aliphatic carbocycles. The Morgan fingerprint density at radius 2 is 2.05 bits per heavy atom. The number of rotatable bonds is 2. The maximum atomic E-state index is 12.0. The molecule has 0 aliphatic rings. The van der Waals surface area contributed by atoms with Gasteiger partial charge in [0.25, 0.3) is 5.91 Å². The standard InChI is InChI=1S/C15H13N3O3/c16-6-1-2-10-5-7-17-14(8-10)18-15(21)11-3-4-12(19)13(20)9-11/h3-5,7-9,19-20H,6,16H2,(H,17,18,21). The Labute approximate surface area is 121 Å². The van der Waals surface area contributed by atoms with E-state index in [0.29, 0.717) is 11.4 Å². The molecule has 5 N–H and O–H groups in total. The topological polar surface area (TPSA) is 108 Å². The second kappa shape index (κ2) is 6.41. The molecule has 0 bridgehead atoms. The second-order valence-electron chi connectivity index (χ2n) is 4.09. The number of aromatic hydroxyl groups is 2. The first-order chi connectivity index (χ1) is 10.1. The Hall–Kier alpha value is -3.04. The lowest BCUT2D eigenvalue weighted by molar-refractivity contribution is 0.102. The molecule has 6 nitrogen and oxygen atoms in total. The maximum Gasteiger partial charge on any atom is 0.256 e. The zero-order valence-electron chi connectivity index (χ0n) is 11.0. The molecule has 6 heteroatoms. The highest BCUT2D eigenvalue weighted by Gasteiger charge is 2.09. The first-order valence-electron chi connectivity index (χ1n) is 6.08. The fourth-order valence-electron chi connectivity index (χ4n) is 1.58. The number of anilines is 1. The van der Waals surface area contributed by atoms with Crippen molar-refractivity contribution >= 4 is 11.7 Å². The van der Waals surface area contributed by atoms with Crippen LogP contribution in [-0.4, -0.2) is 27.6 Å². The number of carbonyl (C=O) groups is 1. The Morgan fingerprint density at radius 3 is 2.76 bits per heavy atom. The molecular weight excluding hydrogens is 270 g/mol. The van der Waals surface area contributed by atoms with Crippen molar-refractivity contribution in [2.45, 2.75) is 0 Å². The molecule has 0 saturated carbocycles. The molecule has 106 valence electrons. The van der Waals surface area contributed by atoms with Gasteiger partial charge in [-0.1, -0.05) is 11.8 Å². The summed E-state index contributed by atoms with van der Waals surface area (Å²) >= 11 is 0. The van der Waals surface area contributed by atoms with Gasteiger partial charge in [0.1, 0.15) is 5.82 Å². The summed E-state index contributed by atoms with van der Waals surface area (Å²) in [5, 5.41) is 21.2. The van der Waals surface area contributed by atoms with Crippen molar-refractivity contribution in [3.8, 4) is 23.3 Å². The highest BCUT2D eigenvalue weighted by Crippen LogP contribution is 2.25. The SMILES string of the molecule is NCC#Cc1ccnc(NC(=O)c2ccc(O)c(O)c2)c1. The van der Waals surface area contributed by atoms with Crippen LogP contribution in [0, 0.1) is 11.8 Å². The van der Waals surface area contributed by atoms with Crippen LogP contribution in [0.2, 0.25) is 0 Å². The third-order valence-corrected chi connectivity index (χ3v) is 2.57. The monoisotopic (exact) mass is 283 g/mol. The zero-order valence-corrected chi connectivity index (χ0v) is 11.0. The lowest BCUT2D eigenvalue weighted by Crippen LogP contribution is -2.12. The smallest absolute Gasteiger partial charge is 0.256 e. The summed E-state index contributed by atoms with van der Waals surface area (Å²) in [5.41, 5.74) is 6.17. The summed E-state index contributed by atoms with van der Waals surface area (Å²) in [6.45, 7) is 0.247. The molecule has 0 radical (unpaired) electrons. The van der Waals surface area contributed by atoms with Crippen LogP contribution >= 0.6 is 0 Å². The normalized spacial score (nSPS) is 9.57. The second-order valence-corrected chi connectivity index (χ2v) is 4.09. The van der Waals surface area contributed by atoms with Crippen molar-refractivity contribution in [1.82, 2.24) is 4.98 Å². The Bertz CT molecular complexity index is 732. The third-order valence-electron chi connectivity index (χ3n) is 2.57. The van der Waals surface area contributed by atoms with Crippen molar-refractivity contribution < 1.29 is 15.0 Å². The first kappa shape index (κ1) is 14.4. The van der Waals surface area contributed by atoms with Crippen LogP contribution in [0.25, 0.3) is 0 Å². The van der Waals surface area contributed by atoms with E-state index in [1.165, 1.54) is 24.4 Å². The van der Waals surface area contributed by atoms with Gasteiger partial charge < -0.3 is 21.3 Å². The van der Waals surface area contributed by atoms with Gasteiger partial charge in [-0.3, -0.25) is 4.79 Å². The van der Waals surface area contributed by atoms with E-state index >= 15 is 0 Å². The fraction of sp³-hybridized carbons (Fsp3) is 0.0667. The van der Waals surface area contributed by atoms with Crippen LogP contribution in [0.15, 0.2) is 36.5 Å². The molecule has 1 amide bonds. The number of pyridine rings is 1. The van der Waals surface area contributed by atoms with Gasteiger partial charge in [-0.05, 0) is 30.3 Å². The molecule has 0 aliphatic heterocycles. The van der Waals surface area contributed by atoms with Gasteiger partial charge in [-0.2, -0.15) is 0 Å². The molecule has 2 rings (SSSR count). The van der Waals surface area contributed by atoms with Crippen LogP contribution in [0.3, 0.4) is 0 Å². The van der Waals surface area contributed by atoms with Crippen molar-refractivity contribution in [3.63, 3.8) is 0 Å². The molecule has 1 aromatic carbocycles. The number of amides is 1. The minimum absolute atomic E-state index is 0.200. The highest BCUT2D eigenvalue weighted by molar-refractivity contribution is 6.04. The molecule has 0 atom stereocenters. The molecule has 0 spiro atoms. The van der Waals surface area contributed by atoms with Crippen molar-refractivity contribution in [1.29, 1.82) is 0 Å². The van der Waals surface area contributed by atoms with E-state index in [4.69, 9.17) is 5.73 Å².